The number of rotatable bonds is 4. The maximum Gasteiger partial charge on any atom is 0.257 e. The molecule has 0 unspecified atom stereocenters. The predicted octanol–water partition coefficient (Wildman–Crippen LogP) is 4.56. The van der Waals surface area contributed by atoms with E-state index >= 15 is 0 Å². The maximum absolute atomic E-state index is 13.0. The summed E-state index contributed by atoms with van der Waals surface area (Å²) in [5.74, 6) is 0.0940. The molecule has 0 saturated heterocycles. The normalized spacial score (nSPS) is 16.6. The first-order chi connectivity index (χ1) is 11.8. The van der Waals surface area contributed by atoms with Crippen LogP contribution >= 0.6 is 11.3 Å². The first kappa shape index (κ1) is 15.0. The van der Waals surface area contributed by atoms with E-state index in [-0.39, 0.29) is 12.1 Å². The van der Waals surface area contributed by atoms with Crippen LogP contribution in [0.4, 0.5) is 5.69 Å². The lowest BCUT2D eigenvalue weighted by Crippen LogP contribution is -2.43. The van der Waals surface area contributed by atoms with E-state index in [2.05, 4.69) is 34.3 Å². The van der Waals surface area contributed by atoms with Gasteiger partial charge in [-0.3, -0.25) is 4.79 Å². The lowest BCUT2D eigenvalue weighted by Gasteiger charge is -2.37. The Bertz CT molecular complexity index is 830. The van der Waals surface area contributed by atoms with E-state index in [1.807, 2.05) is 47.4 Å². The van der Waals surface area contributed by atoms with Gasteiger partial charge in [-0.1, -0.05) is 42.5 Å². The molecule has 1 atom stereocenters. The van der Waals surface area contributed by atoms with Gasteiger partial charge in [0.05, 0.1) is 5.56 Å². The molecule has 0 saturated carbocycles. The lowest BCUT2D eigenvalue weighted by atomic mass is 10.0. The van der Waals surface area contributed by atoms with Crippen LogP contribution in [0.1, 0.15) is 27.7 Å². The van der Waals surface area contributed by atoms with Crippen molar-refractivity contribution in [2.24, 2.45) is 0 Å². The quantitative estimate of drug-likeness (QED) is 0.759. The number of fused-ring (bicyclic) bond motifs is 1. The number of thiophene rings is 1. The fourth-order valence-electron chi connectivity index (χ4n) is 3.11. The van der Waals surface area contributed by atoms with Crippen LogP contribution in [0.3, 0.4) is 0 Å². The second kappa shape index (κ2) is 6.49. The summed E-state index contributed by atoms with van der Waals surface area (Å²) in [6, 6.07) is 20.1. The largest absolute Gasteiger partial charge is 0.361 e. The zero-order chi connectivity index (χ0) is 16.4. The molecular weight excluding hydrogens is 316 g/mol. The summed E-state index contributed by atoms with van der Waals surface area (Å²) in [5.41, 5.74) is 4.04. The Kier molecular flexibility index (Phi) is 4.05. The molecule has 1 aromatic heterocycles. The van der Waals surface area contributed by atoms with E-state index in [9.17, 15) is 4.79 Å². The summed E-state index contributed by atoms with van der Waals surface area (Å²) in [5, 5.41) is 7.69. The van der Waals surface area contributed by atoms with Crippen LogP contribution in [0.2, 0.25) is 0 Å². The third-order valence-electron chi connectivity index (χ3n) is 4.37. The van der Waals surface area contributed by atoms with Crippen molar-refractivity contribution in [3.63, 3.8) is 0 Å². The molecule has 1 amide bonds. The van der Waals surface area contributed by atoms with Crippen LogP contribution in [0.15, 0.2) is 71.4 Å². The Morgan fingerprint density at radius 2 is 1.79 bits per heavy atom. The highest BCUT2D eigenvalue weighted by Crippen LogP contribution is 2.33. The summed E-state index contributed by atoms with van der Waals surface area (Å²) in [4.78, 5) is 15.0. The van der Waals surface area contributed by atoms with E-state index in [4.69, 9.17) is 0 Å². The van der Waals surface area contributed by atoms with Gasteiger partial charge in [-0.15, -0.1) is 0 Å². The number of benzene rings is 2. The van der Waals surface area contributed by atoms with Gasteiger partial charge in [-0.25, -0.2) is 0 Å². The Morgan fingerprint density at radius 3 is 2.58 bits per heavy atom. The number of amides is 1. The molecule has 3 aromatic rings. The molecule has 4 rings (SSSR count). The summed E-state index contributed by atoms with van der Waals surface area (Å²) >= 11 is 1.65. The van der Waals surface area contributed by atoms with E-state index in [0.29, 0.717) is 6.54 Å². The topological polar surface area (TPSA) is 32.3 Å². The summed E-state index contributed by atoms with van der Waals surface area (Å²) < 4.78 is 0. The molecule has 1 N–H and O–H groups in total. The number of hydrogen-bond acceptors (Lipinski definition) is 3. The number of para-hydroxylation sites is 1. The molecule has 1 aliphatic heterocycles. The summed E-state index contributed by atoms with van der Waals surface area (Å²) in [6.45, 7) is 0.685. The monoisotopic (exact) mass is 334 g/mol. The highest BCUT2D eigenvalue weighted by atomic mass is 32.1. The van der Waals surface area contributed by atoms with Gasteiger partial charge in [0.2, 0.25) is 0 Å². The third-order valence-corrected chi connectivity index (χ3v) is 5.07. The second-order valence-electron chi connectivity index (χ2n) is 5.88. The van der Waals surface area contributed by atoms with Crippen molar-refractivity contribution >= 4 is 22.9 Å². The van der Waals surface area contributed by atoms with Crippen LogP contribution in [-0.4, -0.2) is 17.4 Å². The average molecular weight is 334 g/mol. The van der Waals surface area contributed by atoms with Crippen molar-refractivity contribution in [2.45, 2.75) is 12.6 Å². The van der Waals surface area contributed by atoms with E-state index in [1.165, 1.54) is 5.56 Å². The highest BCUT2D eigenvalue weighted by molar-refractivity contribution is 7.08. The molecule has 2 heterocycles. The van der Waals surface area contributed by atoms with E-state index in [1.54, 1.807) is 11.3 Å². The number of nitrogens with zero attached hydrogens (tertiary/aromatic N) is 1. The van der Waals surface area contributed by atoms with E-state index in [0.717, 1.165) is 23.2 Å². The Balaban J connectivity index is 1.64. The molecule has 3 nitrogen and oxygen atoms in total. The summed E-state index contributed by atoms with van der Waals surface area (Å²) in [7, 11) is 0. The van der Waals surface area contributed by atoms with Crippen LogP contribution in [-0.2, 0) is 6.42 Å². The van der Waals surface area contributed by atoms with Gasteiger partial charge in [0, 0.05) is 17.8 Å². The Labute approximate surface area is 145 Å². The van der Waals surface area contributed by atoms with Crippen LogP contribution in [0, 0.1) is 0 Å². The third kappa shape index (κ3) is 2.81. The minimum Gasteiger partial charge on any atom is -0.361 e. The number of carbonyl (C=O) groups excluding carboxylic acids is 1. The zero-order valence-electron chi connectivity index (χ0n) is 13.2. The lowest BCUT2D eigenvalue weighted by molar-refractivity contribution is 0.0686. The second-order valence-corrected chi connectivity index (χ2v) is 6.66. The molecule has 4 heteroatoms. The molecule has 1 aliphatic rings. The van der Waals surface area contributed by atoms with Crippen LogP contribution < -0.4 is 5.32 Å². The average Bonchev–Trinajstić information content (AvgIpc) is 3.16. The minimum atomic E-state index is -0.109. The van der Waals surface area contributed by atoms with Gasteiger partial charge in [0.25, 0.3) is 5.91 Å². The molecular formula is C20H18N2OS. The molecule has 0 fully saturated rings. The number of nitrogens with one attached hydrogen (secondary N) is 1. The SMILES string of the molecule is O=C1c2ccccc2N[C@@H](c2ccsc2)N1CCc1ccccc1. The van der Waals surface area contributed by atoms with Crippen molar-refractivity contribution in [2.75, 3.05) is 11.9 Å². The molecule has 120 valence electrons. The van der Waals surface area contributed by atoms with Crippen LogP contribution in [0.25, 0.3) is 0 Å². The molecule has 2 aromatic carbocycles. The smallest absolute Gasteiger partial charge is 0.257 e. The van der Waals surface area contributed by atoms with E-state index < -0.39 is 0 Å². The first-order valence-electron chi connectivity index (χ1n) is 8.05. The number of anilines is 1. The van der Waals surface area contributed by atoms with Gasteiger partial charge in [0.15, 0.2) is 0 Å². The molecule has 0 spiro atoms. The molecule has 24 heavy (non-hydrogen) atoms. The number of hydrogen-bond donors (Lipinski definition) is 1. The fourth-order valence-corrected chi connectivity index (χ4v) is 3.79. The van der Waals surface area contributed by atoms with Crippen molar-refractivity contribution < 1.29 is 4.79 Å². The van der Waals surface area contributed by atoms with Crippen molar-refractivity contribution in [1.29, 1.82) is 0 Å². The van der Waals surface area contributed by atoms with Crippen molar-refractivity contribution in [1.82, 2.24) is 4.90 Å². The van der Waals surface area contributed by atoms with Gasteiger partial charge in [-0.05, 0) is 40.9 Å². The van der Waals surface area contributed by atoms with Crippen molar-refractivity contribution in [3.05, 3.63) is 88.1 Å². The molecule has 0 aliphatic carbocycles. The van der Waals surface area contributed by atoms with Crippen molar-refractivity contribution in [3.8, 4) is 0 Å². The maximum atomic E-state index is 13.0. The fraction of sp³-hybridized carbons (Fsp3) is 0.150. The van der Waals surface area contributed by atoms with Crippen LogP contribution in [0.5, 0.6) is 0 Å². The first-order valence-corrected chi connectivity index (χ1v) is 9.00. The van der Waals surface area contributed by atoms with Gasteiger partial charge >= 0.3 is 0 Å². The Morgan fingerprint density at radius 1 is 1.00 bits per heavy atom. The molecule has 0 radical (unpaired) electrons. The standard InChI is InChI=1S/C20H18N2OS/c23-20-17-8-4-5-9-18(17)21-19(16-11-13-24-14-16)22(20)12-10-15-6-2-1-3-7-15/h1-9,11,13-14,19,21H,10,12H2/t19-/m1/s1. The predicted molar refractivity (Wildman–Crippen MR) is 98.3 cm³/mol. The molecule has 0 bridgehead atoms. The van der Waals surface area contributed by atoms with Gasteiger partial charge in [0.1, 0.15) is 6.17 Å². The minimum absolute atomic E-state index is 0.0940. The highest BCUT2D eigenvalue weighted by Gasteiger charge is 2.32. The van der Waals surface area contributed by atoms with Gasteiger partial charge < -0.3 is 10.2 Å². The Hall–Kier alpha value is -2.59. The zero-order valence-corrected chi connectivity index (χ0v) is 14.0. The summed E-state index contributed by atoms with van der Waals surface area (Å²) in [6.07, 6.45) is 0.735. The van der Waals surface area contributed by atoms with Gasteiger partial charge in [-0.2, -0.15) is 11.3 Å². The number of carbonyl (C=O) groups is 1.